The topological polar surface area (TPSA) is 23.5 Å². The molecule has 94 valence electrons. The van der Waals surface area contributed by atoms with Crippen molar-refractivity contribution in [2.45, 2.75) is 37.1 Å². The second-order valence-corrected chi connectivity index (χ2v) is 5.45. The molecule has 2 fully saturated rings. The smallest absolute Gasteiger partial charge is 0.115 e. The van der Waals surface area contributed by atoms with Gasteiger partial charge < -0.3 is 10.0 Å². The number of hydrogen-bond donors (Lipinski definition) is 1. The van der Waals surface area contributed by atoms with Crippen LogP contribution in [0.2, 0.25) is 0 Å². The summed E-state index contributed by atoms with van der Waals surface area (Å²) in [4.78, 5) is 2.51. The molecule has 1 aromatic carbocycles. The Labute approximate surface area is 113 Å². The Morgan fingerprint density at radius 2 is 1.94 bits per heavy atom. The van der Waals surface area contributed by atoms with E-state index in [1.807, 2.05) is 12.1 Å². The Hall–Kier alpha value is -0.540. The number of phenolic OH excluding ortho intramolecular Hbond substituents is 1. The normalized spacial score (nSPS) is 32.2. The van der Waals surface area contributed by atoms with Gasteiger partial charge in [0, 0.05) is 6.04 Å². The van der Waals surface area contributed by atoms with Crippen LogP contribution in [0.1, 0.15) is 31.2 Å². The van der Waals surface area contributed by atoms with Crippen LogP contribution in [0, 0.1) is 0 Å². The molecular weight excluding hydrogens is 278 g/mol. The highest BCUT2D eigenvalue weighted by Crippen LogP contribution is 2.48. The van der Waals surface area contributed by atoms with E-state index in [0.29, 0.717) is 11.2 Å². The second-order valence-electron chi connectivity index (χ2n) is 5.45. The molecular formula is C14H20BrNO. The predicted molar refractivity (Wildman–Crippen MR) is 75.0 cm³/mol. The fraction of sp³-hybridized carbons (Fsp3) is 0.571. The summed E-state index contributed by atoms with van der Waals surface area (Å²) in [5.41, 5.74) is 1.84. The van der Waals surface area contributed by atoms with Gasteiger partial charge in [0.1, 0.15) is 5.75 Å². The first-order chi connectivity index (χ1) is 7.70. The fourth-order valence-corrected chi connectivity index (χ4v) is 3.50. The largest absolute Gasteiger partial charge is 0.508 e. The van der Waals surface area contributed by atoms with Gasteiger partial charge in [-0.3, -0.25) is 0 Å². The van der Waals surface area contributed by atoms with Gasteiger partial charge in [0.25, 0.3) is 0 Å². The molecule has 1 saturated heterocycles. The van der Waals surface area contributed by atoms with Gasteiger partial charge in [0.05, 0.1) is 0 Å². The number of rotatable bonds is 1. The average Bonchev–Trinajstić information content (AvgIpc) is 2.66. The van der Waals surface area contributed by atoms with Crippen molar-refractivity contribution in [3.63, 3.8) is 0 Å². The first-order valence-electron chi connectivity index (χ1n) is 6.19. The highest BCUT2D eigenvalue weighted by atomic mass is 79.9. The number of hydrogen-bond acceptors (Lipinski definition) is 2. The van der Waals surface area contributed by atoms with Crippen LogP contribution >= 0.6 is 17.0 Å². The van der Waals surface area contributed by atoms with Crippen LogP contribution in [0.5, 0.6) is 5.75 Å². The zero-order valence-corrected chi connectivity index (χ0v) is 11.9. The SMILES string of the molecule is Br.CN1CCC2(c3ccc(O)cc3)CCC1C2. The van der Waals surface area contributed by atoms with E-state index in [-0.39, 0.29) is 17.0 Å². The van der Waals surface area contributed by atoms with Crippen LogP contribution in [0.3, 0.4) is 0 Å². The number of nitrogens with zero attached hydrogens (tertiary/aromatic N) is 1. The molecule has 2 aliphatic rings. The molecule has 1 aromatic rings. The van der Waals surface area contributed by atoms with E-state index < -0.39 is 0 Å². The number of piperidine rings is 1. The van der Waals surface area contributed by atoms with Crippen molar-refractivity contribution in [3.05, 3.63) is 29.8 Å². The van der Waals surface area contributed by atoms with E-state index in [1.54, 1.807) is 0 Å². The van der Waals surface area contributed by atoms with Gasteiger partial charge in [0.2, 0.25) is 0 Å². The lowest BCUT2D eigenvalue weighted by atomic mass is 9.74. The van der Waals surface area contributed by atoms with Crippen LogP contribution < -0.4 is 0 Å². The molecule has 0 aromatic heterocycles. The maximum Gasteiger partial charge on any atom is 0.115 e. The van der Waals surface area contributed by atoms with Crippen molar-refractivity contribution < 1.29 is 5.11 Å². The number of benzene rings is 1. The summed E-state index contributed by atoms with van der Waals surface area (Å²) in [5, 5.41) is 9.36. The fourth-order valence-electron chi connectivity index (χ4n) is 3.50. The van der Waals surface area contributed by atoms with Crippen molar-refractivity contribution in [1.82, 2.24) is 4.90 Å². The van der Waals surface area contributed by atoms with Gasteiger partial charge >= 0.3 is 0 Å². The summed E-state index contributed by atoms with van der Waals surface area (Å²) in [6.45, 7) is 1.21. The minimum atomic E-state index is 0. The maximum atomic E-state index is 9.36. The van der Waals surface area contributed by atoms with Gasteiger partial charge in [-0.2, -0.15) is 0 Å². The monoisotopic (exact) mass is 297 g/mol. The molecule has 1 saturated carbocycles. The van der Waals surface area contributed by atoms with E-state index in [1.165, 1.54) is 37.8 Å². The molecule has 2 atom stereocenters. The van der Waals surface area contributed by atoms with Crippen molar-refractivity contribution >= 4 is 17.0 Å². The number of aromatic hydroxyl groups is 1. The Bertz CT molecular complexity index is 392. The molecule has 1 heterocycles. The number of halogens is 1. The maximum absolute atomic E-state index is 9.36. The quantitative estimate of drug-likeness (QED) is 0.861. The van der Waals surface area contributed by atoms with Crippen LogP contribution in [0.15, 0.2) is 24.3 Å². The molecule has 2 nitrogen and oxygen atoms in total. The number of likely N-dealkylation sites (tertiary alicyclic amines) is 1. The van der Waals surface area contributed by atoms with Crippen LogP contribution in [-0.4, -0.2) is 29.6 Å². The van der Waals surface area contributed by atoms with E-state index >= 15 is 0 Å². The molecule has 17 heavy (non-hydrogen) atoms. The third-order valence-corrected chi connectivity index (χ3v) is 4.63. The highest BCUT2D eigenvalue weighted by molar-refractivity contribution is 8.93. The van der Waals surface area contributed by atoms with Gasteiger partial charge in [-0.15, -0.1) is 17.0 Å². The molecule has 2 unspecified atom stereocenters. The van der Waals surface area contributed by atoms with E-state index in [2.05, 4.69) is 24.1 Å². The Kier molecular flexibility index (Phi) is 3.50. The standard InChI is InChI=1S/C14H19NO.BrH/c1-15-9-8-14(7-6-12(15)10-14)11-2-4-13(16)5-3-11;/h2-5,12,16H,6-10H2,1H3;1H. The van der Waals surface area contributed by atoms with Crippen molar-refractivity contribution in [1.29, 1.82) is 0 Å². The first kappa shape index (κ1) is 12.9. The van der Waals surface area contributed by atoms with Gasteiger partial charge in [0.15, 0.2) is 0 Å². The second kappa shape index (κ2) is 4.62. The van der Waals surface area contributed by atoms with Gasteiger partial charge in [-0.25, -0.2) is 0 Å². The molecule has 0 amide bonds. The number of phenols is 1. The van der Waals surface area contributed by atoms with Crippen LogP contribution in [-0.2, 0) is 5.41 Å². The van der Waals surface area contributed by atoms with Crippen molar-refractivity contribution in [2.24, 2.45) is 0 Å². The third-order valence-electron chi connectivity index (χ3n) is 4.63. The minimum Gasteiger partial charge on any atom is -0.508 e. The van der Waals surface area contributed by atoms with Gasteiger partial charge in [-0.05, 0) is 62.4 Å². The van der Waals surface area contributed by atoms with Crippen LogP contribution in [0.25, 0.3) is 0 Å². The summed E-state index contributed by atoms with van der Waals surface area (Å²) in [5.74, 6) is 0.377. The number of fused-ring (bicyclic) bond motifs is 2. The summed E-state index contributed by atoms with van der Waals surface area (Å²) in [6.07, 6.45) is 5.21. The predicted octanol–water partition coefficient (Wildman–Crippen LogP) is 3.10. The molecule has 1 aliphatic carbocycles. The Morgan fingerprint density at radius 3 is 2.65 bits per heavy atom. The third kappa shape index (κ3) is 2.11. The molecule has 2 bridgehead atoms. The lowest BCUT2D eigenvalue weighted by Crippen LogP contribution is -2.40. The average molecular weight is 298 g/mol. The molecule has 3 heteroatoms. The van der Waals surface area contributed by atoms with Gasteiger partial charge in [-0.1, -0.05) is 12.1 Å². The Morgan fingerprint density at radius 1 is 1.24 bits per heavy atom. The summed E-state index contributed by atoms with van der Waals surface area (Å²) in [6, 6.07) is 8.67. The van der Waals surface area contributed by atoms with E-state index in [9.17, 15) is 5.11 Å². The lowest BCUT2D eigenvalue weighted by molar-refractivity contribution is 0.174. The van der Waals surface area contributed by atoms with E-state index in [4.69, 9.17) is 0 Å². The molecule has 3 rings (SSSR count). The minimum absolute atomic E-state index is 0. The lowest BCUT2D eigenvalue weighted by Gasteiger charge is -2.38. The molecule has 0 radical (unpaired) electrons. The van der Waals surface area contributed by atoms with Crippen molar-refractivity contribution in [2.75, 3.05) is 13.6 Å². The molecule has 0 spiro atoms. The summed E-state index contributed by atoms with van der Waals surface area (Å²) >= 11 is 0. The highest BCUT2D eigenvalue weighted by Gasteiger charge is 2.45. The summed E-state index contributed by atoms with van der Waals surface area (Å²) < 4.78 is 0. The molecule has 1 aliphatic heterocycles. The van der Waals surface area contributed by atoms with Crippen LogP contribution in [0.4, 0.5) is 0 Å². The zero-order chi connectivity index (χ0) is 11.2. The van der Waals surface area contributed by atoms with Crippen molar-refractivity contribution in [3.8, 4) is 5.75 Å². The zero-order valence-electron chi connectivity index (χ0n) is 10.2. The first-order valence-corrected chi connectivity index (χ1v) is 6.19. The molecule has 1 N–H and O–H groups in total. The van der Waals surface area contributed by atoms with E-state index in [0.717, 1.165) is 6.04 Å². The summed E-state index contributed by atoms with van der Waals surface area (Å²) in [7, 11) is 2.25. The Balaban J connectivity index is 0.00000108.